The first-order valence-electron chi connectivity index (χ1n) is 5.04. The molecule has 19 heavy (non-hydrogen) atoms. The lowest BCUT2D eigenvalue weighted by Crippen LogP contribution is -2.08. The van der Waals surface area contributed by atoms with E-state index < -0.39 is 32.3 Å². The number of nitrogens with zero attached hydrogens (tertiary/aromatic N) is 1. The normalized spacial score (nSPS) is 11.4. The molecule has 0 amide bonds. The second-order valence-corrected chi connectivity index (χ2v) is 6.57. The Kier molecular flexibility index (Phi) is 3.63. The minimum Gasteiger partial charge on any atom is -0.478 e. The van der Waals surface area contributed by atoms with E-state index in [2.05, 4.69) is 4.98 Å². The molecule has 0 saturated heterocycles. The summed E-state index contributed by atoms with van der Waals surface area (Å²) in [7, 11) is -3.88. The summed E-state index contributed by atoms with van der Waals surface area (Å²) >= 11 is 1.15. The second kappa shape index (κ2) is 5.06. The lowest BCUT2D eigenvalue weighted by atomic mass is 10.2. The van der Waals surface area contributed by atoms with Gasteiger partial charge < -0.3 is 5.11 Å². The Labute approximate surface area is 112 Å². The van der Waals surface area contributed by atoms with E-state index in [0.29, 0.717) is 11.1 Å². The summed E-state index contributed by atoms with van der Waals surface area (Å²) < 4.78 is 37.6. The molecule has 0 atom stereocenters. The van der Waals surface area contributed by atoms with Crippen LogP contribution in [0.2, 0.25) is 0 Å². The molecule has 1 aromatic carbocycles. The van der Waals surface area contributed by atoms with Gasteiger partial charge in [0, 0.05) is 11.6 Å². The van der Waals surface area contributed by atoms with Crippen LogP contribution in [0, 0.1) is 5.82 Å². The van der Waals surface area contributed by atoms with Crippen LogP contribution >= 0.6 is 11.3 Å². The van der Waals surface area contributed by atoms with Crippen molar-refractivity contribution in [1.29, 1.82) is 0 Å². The van der Waals surface area contributed by atoms with Gasteiger partial charge in [-0.3, -0.25) is 0 Å². The Hall–Kier alpha value is -1.80. The highest BCUT2D eigenvalue weighted by Gasteiger charge is 2.22. The molecule has 1 aromatic heterocycles. The van der Waals surface area contributed by atoms with Gasteiger partial charge in [0.25, 0.3) is 0 Å². The van der Waals surface area contributed by atoms with Gasteiger partial charge in [0.15, 0.2) is 9.84 Å². The quantitative estimate of drug-likeness (QED) is 0.933. The average molecular weight is 301 g/mol. The first kappa shape index (κ1) is 13.6. The highest BCUT2D eigenvalue weighted by atomic mass is 32.2. The largest absolute Gasteiger partial charge is 0.478 e. The number of hydrogen-bond donors (Lipinski definition) is 1. The maximum Gasteiger partial charge on any atom is 0.335 e. The number of sulfone groups is 1. The summed E-state index contributed by atoms with van der Waals surface area (Å²) in [6.07, 6.45) is 1.46. The molecule has 0 aliphatic carbocycles. The zero-order chi connectivity index (χ0) is 14.0. The molecule has 0 bridgehead atoms. The summed E-state index contributed by atoms with van der Waals surface area (Å²) in [4.78, 5) is 14.0. The van der Waals surface area contributed by atoms with Crippen molar-refractivity contribution in [3.8, 4) is 0 Å². The summed E-state index contributed by atoms with van der Waals surface area (Å²) in [5, 5.41) is 10.7. The number of benzene rings is 1. The summed E-state index contributed by atoms with van der Waals surface area (Å²) in [6.45, 7) is 0. The molecule has 8 heteroatoms. The van der Waals surface area contributed by atoms with Crippen molar-refractivity contribution in [2.24, 2.45) is 0 Å². The molecular weight excluding hydrogens is 293 g/mol. The van der Waals surface area contributed by atoms with E-state index in [1.54, 1.807) is 5.38 Å². The lowest BCUT2D eigenvalue weighted by molar-refractivity contribution is 0.0696. The van der Waals surface area contributed by atoms with Crippen LogP contribution in [0.25, 0.3) is 0 Å². The van der Waals surface area contributed by atoms with E-state index in [4.69, 9.17) is 5.11 Å². The maximum atomic E-state index is 13.7. The molecule has 100 valence electrons. The third-order valence-corrected chi connectivity index (χ3v) is 4.93. The van der Waals surface area contributed by atoms with Gasteiger partial charge in [-0.2, -0.15) is 0 Å². The van der Waals surface area contributed by atoms with Gasteiger partial charge in [-0.15, -0.1) is 11.3 Å². The number of aromatic nitrogens is 1. The fraction of sp³-hybridized carbons (Fsp3) is 0.0909. The first-order chi connectivity index (χ1) is 8.90. The zero-order valence-electron chi connectivity index (χ0n) is 9.41. The number of halogens is 1. The molecule has 1 N–H and O–H groups in total. The molecule has 0 aliphatic heterocycles. The Morgan fingerprint density at radius 1 is 1.42 bits per heavy atom. The minimum atomic E-state index is -3.88. The maximum absolute atomic E-state index is 13.7. The molecule has 0 saturated carbocycles. The molecular formula is C11H8FNO4S2. The van der Waals surface area contributed by atoms with Gasteiger partial charge in [-0.05, 0) is 18.2 Å². The lowest BCUT2D eigenvalue weighted by Gasteiger charge is -2.04. The van der Waals surface area contributed by atoms with Crippen LogP contribution in [0.5, 0.6) is 0 Å². The van der Waals surface area contributed by atoms with Crippen molar-refractivity contribution in [1.82, 2.24) is 4.98 Å². The van der Waals surface area contributed by atoms with E-state index >= 15 is 0 Å². The standard InChI is InChI=1S/C11H8FNO4S2/c12-8-5-7(11(14)15)1-2-9(8)19(16,17)6-10-13-3-4-18-10/h1-5H,6H2,(H,14,15). The fourth-order valence-electron chi connectivity index (χ4n) is 1.45. The van der Waals surface area contributed by atoms with Crippen molar-refractivity contribution in [3.05, 3.63) is 46.2 Å². The number of hydrogen-bond acceptors (Lipinski definition) is 5. The van der Waals surface area contributed by atoms with E-state index in [-0.39, 0.29) is 5.56 Å². The van der Waals surface area contributed by atoms with Crippen molar-refractivity contribution < 1.29 is 22.7 Å². The second-order valence-electron chi connectivity index (χ2n) is 3.64. The van der Waals surface area contributed by atoms with Gasteiger partial charge in [-0.1, -0.05) is 0 Å². The fourth-order valence-corrected chi connectivity index (χ4v) is 3.78. The van der Waals surface area contributed by atoms with Crippen molar-refractivity contribution >= 4 is 27.1 Å². The van der Waals surface area contributed by atoms with Gasteiger partial charge in [0.2, 0.25) is 0 Å². The number of thiazole rings is 1. The van der Waals surface area contributed by atoms with E-state index in [1.165, 1.54) is 6.20 Å². The van der Waals surface area contributed by atoms with Gasteiger partial charge in [-0.25, -0.2) is 22.6 Å². The van der Waals surface area contributed by atoms with Crippen molar-refractivity contribution in [2.45, 2.75) is 10.6 Å². The molecule has 2 aromatic rings. The molecule has 5 nitrogen and oxygen atoms in total. The molecule has 0 fully saturated rings. The Morgan fingerprint density at radius 2 is 2.16 bits per heavy atom. The molecule has 2 rings (SSSR count). The van der Waals surface area contributed by atoms with E-state index in [9.17, 15) is 17.6 Å². The Bertz CT molecular complexity index is 710. The molecule has 0 unspecified atom stereocenters. The average Bonchev–Trinajstić information content (AvgIpc) is 2.80. The number of aromatic carboxylic acids is 1. The Morgan fingerprint density at radius 3 is 2.68 bits per heavy atom. The van der Waals surface area contributed by atoms with Crippen LogP contribution in [0.3, 0.4) is 0 Å². The number of carboxylic acid groups (broad SMARTS) is 1. The molecule has 0 aliphatic rings. The monoisotopic (exact) mass is 301 g/mol. The van der Waals surface area contributed by atoms with Crippen molar-refractivity contribution in [3.63, 3.8) is 0 Å². The Balaban J connectivity index is 2.38. The first-order valence-corrected chi connectivity index (χ1v) is 7.57. The van der Waals surface area contributed by atoms with Crippen LogP contribution in [0.4, 0.5) is 4.39 Å². The van der Waals surface area contributed by atoms with Gasteiger partial charge >= 0.3 is 5.97 Å². The number of carbonyl (C=O) groups is 1. The topological polar surface area (TPSA) is 84.3 Å². The van der Waals surface area contributed by atoms with Crippen LogP contribution in [0.15, 0.2) is 34.7 Å². The predicted molar refractivity (Wildman–Crippen MR) is 66.4 cm³/mol. The predicted octanol–water partition coefficient (Wildman–Crippen LogP) is 1.95. The summed E-state index contributed by atoms with van der Waals surface area (Å²) in [5.74, 6) is -2.80. The van der Waals surface area contributed by atoms with Gasteiger partial charge in [0.05, 0.1) is 5.56 Å². The van der Waals surface area contributed by atoms with E-state index in [0.717, 1.165) is 23.5 Å². The molecule has 1 heterocycles. The number of carboxylic acids is 1. The highest BCUT2D eigenvalue weighted by Crippen LogP contribution is 2.21. The number of rotatable bonds is 4. The minimum absolute atomic E-state index is 0.300. The van der Waals surface area contributed by atoms with Gasteiger partial charge in [0.1, 0.15) is 21.5 Å². The SMILES string of the molecule is O=C(O)c1ccc(S(=O)(=O)Cc2nccs2)c(F)c1. The zero-order valence-corrected chi connectivity index (χ0v) is 11.0. The van der Waals surface area contributed by atoms with Crippen LogP contribution in [-0.4, -0.2) is 24.5 Å². The molecule has 0 radical (unpaired) electrons. The molecule has 0 spiro atoms. The van der Waals surface area contributed by atoms with Crippen LogP contribution < -0.4 is 0 Å². The summed E-state index contributed by atoms with van der Waals surface area (Å²) in [5.41, 5.74) is -0.300. The van der Waals surface area contributed by atoms with Crippen LogP contribution in [0.1, 0.15) is 15.4 Å². The van der Waals surface area contributed by atoms with E-state index in [1.807, 2.05) is 0 Å². The van der Waals surface area contributed by atoms with Crippen LogP contribution in [-0.2, 0) is 15.6 Å². The smallest absolute Gasteiger partial charge is 0.335 e. The highest BCUT2D eigenvalue weighted by molar-refractivity contribution is 7.90. The third kappa shape index (κ3) is 2.96. The van der Waals surface area contributed by atoms with Crippen molar-refractivity contribution in [2.75, 3.05) is 0 Å². The third-order valence-electron chi connectivity index (χ3n) is 2.31. The summed E-state index contributed by atoms with van der Waals surface area (Å²) in [6, 6.07) is 2.71.